The lowest BCUT2D eigenvalue weighted by Crippen LogP contribution is -2.31. The zero-order valence-electron chi connectivity index (χ0n) is 19.0. The molecule has 1 fully saturated rings. The van der Waals surface area contributed by atoms with Crippen molar-refractivity contribution in [3.05, 3.63) is 93.5 Å². The standard InChI is InChI=1S/C26H21BrF3NO5/c1-15-24(17-5-3-2-4-6-17)36-25(34)31(15)14-18-12-20(27)7-8-22(18)35-21-10-16(11-23(32)33)9-19(13-21)26(28,29)30/h2-10,12-13,15,24H,11,14H2,1H3,(H,32,33). The highest BCUT2D eigenvalue weighted by Crippen LogP contribution is 2.38. The minimum Gasteiger partial charge on any atom is -0.481 e. The van der Waals surface area contributed by atoms with Crippen molar-refractivity contribution in [3.63, 3.8) is 0 Å². The van der Waals surface area contributed by atoms with E-state index in [1.54, 1.807) is 18.2 Å². The number of hydrogen-bond acceptors (Lipinski definition) is 4. The third-order valence-corrected chi connectivity index (χ3v) is 6.25. The summed E-state index contributed by atoms with van der Waals surface area (Å²) >= 11 is 3.38. The van der Waals surface area contributed by atoms with Gasteiger partial charge in [0.25, 0.3) is 0 Å². The minimum atomic E-state index is -4.68. The second-order valence-corrected chi connectivity index (χ2v) is 9.29. The van der Waals surface area contributed by atoms with Crippen LogP contribution in [-0.4, -0.2) is 28.1 Å². The normalized spacial score (nSPS) is 17.7. The highest BCUT2D eigenvalue weighted by molar-refractivity contribution is 9.10. The molecular weight excluding hydrogens is 543 g/mol. The van der Waals surface area contributed by atoms with Crippen LogP contribution in [-0.2, 0) is 28.7 Å². The molecule has 0 radical (unpaired) electrons. The number of nitrogens with zero attached hydrogens (tertiary/aromatic N) is 1. The Morgan fingerprint density at radius 3 is 2.50 bits per heavy atom. The number of alkyl halides is 3. The fourth-order valence-corrected chi connectivity index (χ4v) is 4.45. The van der Waals surface area contributed by atoms with Crippen molar-refractivity contribution in [3.8, 4) is 11.5 Å². The van der Waals surface area contributed by atoms with Gasteiger partial charge in [0.15, 0.2) is 0 Å². The first-order chi connectivity index (χ1) is 17.0. The highest BCUT2D eigenvalue weighted by Gasteiger charge is 2.40. The molecular formula is C26H21BrF3NO5. The Balaban J connectivity index is 1.63. The Morgan fingerprint density at radius 1 is 1.11 bits per heavy atom. The number of benzene rings is 3. The number of aliphatic carboxylic acids is 1. The van der Waals surface area contributed by atoms with Crippen molar-refractivity contribution >= 4 is 28.0 Å². The van der Waals surface area contributed by atoms with Crippen molar-refractivity contribution in [2.24, 2.45) is 0 Å². The van der Waals surface area contributed by atoms with Gasteiger partial charge in [0.1, 0.15) is 17.6 Å². The average molecular weight is 564 g/mol. The highest BCUT2D eigenvalue weighted by atomic mass is 79.9. The molecule has 2 atom stereocenters. The molecule has 188 valence electrons. The van der Waals surface area contributed by atoms with E-state index < -0.39 is 36.3 Å². The first kappa shape index (κ1) is 25.6. The van der Waals surface area contributed by atoms with Crippen LogP contribution in [0.15, 0.2) is 71.2 Å². The third kappa shape index (κ3) is 5.81. The maximum Gasteiger partial charge on any atom is 0.416 e. The van der Waals surface area contributed by atoms with E-state index in [1.165, 1.54) is 11.0 Å². The van der Waals surface area contributed by atoms with E-state index in [-0.39, 0.29) is 29.6 Å². The van der Waals surface area contributed by atoms with Crippen molar-refractivity contribution in [1.29, 1.82) is 0 Å². The van der Waals surface area contributed by atoms with Crippen LogP contribution in [0.5, 0.6) is 11.5 Å². The van der Waals surface area contributed by atoms with Gasteiger partial charge in [0.05, 0.1) is 24.6 Å². The fraction of sp³-hybridized carbons (Fsp3) is 0.231. The fourth-order valence-electron chi connectivity index (χ4n) is 4.04. The van der Waals surface area contributed by atoms with E-state index in [1.807, 2.05) is 37.3 Å². The van der Waals surface area contributed by atoms with Crippen LogP contribution in [0.25, 0.3) is 0 Å². The van der Waals surface area contributed by atoms with E-state index >= 15 is 0 Å². The number of ether oxygens (including phenoxy) is 2. The minimum absolute atomic E-state index is 0.0477. The first-order valence-electron chi connectivity index (χ1n) is 10.9. The van der Waals surface area contributed by atoms with Crippen LogP contribution in [0.1, 0.15) is 35.3 Å². The number of rotatable bonds is 7. The number of amides is 1. The van der Waals surface area contributed by atoms with Crippen LogP contribution in [0.3, 0.4) is 0 Å². The molecule has 0 aromatic heterocycles. The van der Waals surface area contributed by atoms with Crippen LogP contribution in [0, 0.1) is 0 Å². The molecule has 0 saturated carbocycles. The average Bonchev–Trinajstić information content (AvgIpc) is 3.08. The summed E-state index contributed by atoms with van der Waals surface area (Å²) in [7, 11) is 0. The van der Waals surface area contributed by atoms with Crippen LogP contribution >= 0.6 is 15.9 Å². The van der Waals surface area contributed by atoms with Crippen molar-refractivity contribution in [2.75, 3.05) is 0 Å². The summed E-state index contributed by atoms with van der Waals surface area (Å²) in [6.07, 6.45) is -6.27. The second kappa shape index (κ2) is 10.2. The largest absolute Gasteiger partial charge is 0.481 e. The van der Waals surface area contributed by atoms with Crippen LogP contribution in [0.4, 0.5) is 18.0 Å². The molecule has 1 aliphatic rings. The second-order valence-electron chi connectivity index (χ2n) is 8.37. The van der Waals surface area contributed by atoms with E-state index in [0.717, 1.165) is 17.7 Å². The molecule has 3 aromatic carbocycles. The lowest BCUT2D eigenvalue weighted by atomic mass is 10.0. The van der Waals surface area contributed by atoms with Gasteiger partial charge in [0, 0.05) is 10.0 Å². The molecule has 6 nitrogen and oxygen atoms in total. The molecule has 0 aliphatic carbocycles. The number of carboxylic acid groups (broad SMARTS) is 1. The summed E-state index contributed by atoms with van der Waals surface area (Å²) in [4.78, 5) is 25.3. The van der Waals surface area contributed by atoms with Gasteiger partial charge in [-0.3, -0.25) is 9.69 Å². The van der Waals surface area contributed by atoms with Crippen LogP contribution < -0.4 is 4.74 Å². The summed E-state index contributed by atoms with van der Waals surface area (Å²) in [5.41, 5.74) is 0.311. The molecule has 0 bridgehead atoms. The lowest BCUT2D eigenvalue weighted by Gasteiger charge is -2.22. The van der Waals surface area contributed by atoms with Crippen molar-refractivity contribution < 1.29 is 37.3 Å². The smallest absolute Gasteiger partial charge is 0.416 e. The number of hydrogen-bond donors (Lipinski definition) is 1. The van der Waals surface area contributed by atoms with Gasteiger partial charge in [-0.15, -0.1) is 0 Å². The number of cyclic esters (lactones) is 1. The topological polar surface area (TPSA) is 76.1 Å². The molecule has 1 N–H and O–H groups in total. The summed E-state index contributed by atoms with van der Waals surface area (Å²) < 4.78 is 52.4. The van der Waals surface area contributed by atoms with Gasteiger partial charge in [-0.1, -0.05) is 46.3 Å². The zero-order chi connectivity index (χ0) is 26.0. The van der Waals surface area contributed by atoms with Gasteiger partial charge < -0.3 is 14.6 Å². The summed E-state index contributed by atoms with van der Waals surface area (Å²) in [5, 5.41) is 9.05. The predicted octanol–water partition coefficient (Wildman–Crippen LogP) is 6.97. The molecule has 1 aliphatic heterocycles. The molecule has 0 spiro atoms. The Hall–Kier alpha value is -3.53. The SMILES string of the molecule is CC1C(c2ccccc2)OC(=O)N1Cc1cc(Br)ccc1Oc1cc(CC(=O)O)cc(C(F)(F)F)c1. The van der Waals surface area contributed by atoms with Gasteiger partial charge in [-0.05, 0) is 54.4 Å². The van der Waals surface area contributed by atoms with E-state index in [4.69, 9.17) is 14.6 Å². The molecule has 3 aromatic rings. The molecule has 1 amide bonds. The van der Waals surface area contributed by atoms with Gasteiger partial charge in [0.2, 0.25) is 0 Å². The summed E-state index contributed by atoms with van der Waals surface area (Å²) in [6.45, 7) is 1.94. The van der Waals surface area contributed by atoms with E-state index in [2.05, 4.69) is 15.9 Å². The maximum atomic E-state index is 13.4. The molecule has 10 heteroatoms. The van der Waals surface area contributed by atoms with E-state index in [0.29, 0.717) is 10.0 Å². The quantitative estimate of drug-likeness (QED) is 0.336. The molecule has 1 heterocycles. The number of carbonyl (C=O) groups is 2. The Kier molecular flexibility index (Phi) is 7.26. The number of halogens is 4. The summed E-state index contributed by atoms with van der Waals surface area (Å²) in [6, 6.07) is 16.8. The molecule has 1 saturated heterocycles. The van der Waals surface area contributed by atoms with Gasteiger partial charge in [-0.25, -0.2) is 4.79 Å². The van der Waals surface area contributed by atoms with E-state index in [9.17, 15) is 22.8 Å². The third-order valence-electron chi connectivity index (χ3n) is 5.76. The van der Waals surface area contributed by atoms with Crippen molar-refractivity contribution in [2.45, 2.75) is 38.2 Å². The predicted molar refractivity (Wildman–Crippen MR) is 128 cm³/mol. The monoisotopic (exact) mass is 563 g/mol. The number of carbonyl (C=O) groups excluding carboxylic acids is 1. The zero-order valence-corrected chi connectivity index (χ0v) is 20.5. The molecule has 4 rings (SSSR count). The first-order valence-corrected chi connectivity index (χ1v) is 11.7. The van der Waals surface area contributed by atoms with Crippen LogP contribution in [0.2, 0.25) is 0 Å². The van der Waals surface area contributed by atoms with Gasteiger partial charge >= 0.3 is 18.2 Å². The maximum absolute atomic E-state index is 13.4. The molecule has 2 unspecified atom stereocenters. The Labute approximate surface area is 213 Å². The van der Waals surface area contributed by atoms with Gasteiger partial charge in [-0.2, -0.15) is 13.2 Å². The van der Waals surface area contributed by atoms with Crippen molar-refractivity contribution in [1.82, 2.24) is 4.90 Å². The Bertz CT molecular complexity index is 1280. The Morgan fingerprint density at radius 2 is 1.83 bits per heavy atom. The number of carboxylic acids is 1. The lowest BCUT2D eigenvalue weighted by molar-refractivity contribution is -0.138. The molecule has 36 heavy (non-hydrogen) atoms. The summed E-state index contributed by atoms with van der Waals surface area (Å²) in [5.74, 6) is -1.20.